The van der Waals surface area contributed by atoms with E-state index in [9.17, 15) is 0 Å². The molecule has 0 saturated carbocycles. The lowest BCUT2D eigenvalue weighted by atomic mass is 10.0. The molecular formula is C22H25N3O3. The van der Waals surface area contributed by atoms with Gasteiger partial charge in [-0.2, -0.15) is 0 Å². The van der Waals surface area contributed by atoms with Gasteiger partial charge in [-0.15, -0.1) is 10.2 Å². The first-order chi connectivity index (χ1) is 13.6. The zero-order chi connectivity index (χ0) is 19.9. The third kappa shape index (κ3) is 4.58. The summed E-state index contributed by atoms with van der Waals surface area (Å²) in [6.07, 6.45) is 0. The molecule has 1 aromatic heterocycles. The van der Waals surface area contributed by atoms with Gasteiger partial charge >= 0.3 is 0 Å². The molecule has 28 heavy (non-hydrogen) atoms. The van der Waals surface area contributed by atoms with E-state index in [2.05, 4.69) is 34.6 Å². The van der Waals surface area contributed by atoms with Crippen LogP contribution in [0.4, 0.5) is 0 Å². The monoisotopic (exact) mass is 379 g/mol. The highest BCUT2D eigenvalue weighted by Crippen LogP contribution is 2.30. The van der Waals surface area contributed by atoms with E-state index in [1.807, 2.05) is 36.4 Å². The predicted molar refractivity (Wildman–Crippen MR) is 109 cm³/mol. The summed E-state index contributed by atoms with van der Waals surface area (Å²) in [5, 5.41) is 11.8. The molecule has 0 aliphatic rings. The fraction of sp³-hybridized carbons (Fsp3) is 0.273. The van der Waals surface area contributed by atoms with Crippen molar-refractivity contribution in [1.82, 2.24) is 15.5 Å². The molecule has 146 valence electrons. The van der Waals surface area contributed by atoms with E-state index in [1.165, 1.54) is 5.56 Å². The molecule has 0 radical (unpaired) electrons. The second-order valence-electron chi connectivity index (χ2n) is 6.37. The minimum atomic E-state index is 0.182. The highest BCUT2D eigenvalue weighted by atomic mass is 16.5. The SMILES string of the molecule is COc1cccc([C@@H](C)NCc2ccc(OC)c(-c3ccc(OC)nn3)c2)c1. The topological polar surface area (TPSA) is 65.5 Å². The van der Waals surface area contributed by atoms with E-state index in [0.717, 1.165) is 28.3 Å². The average molecular weight is 379 g/mol. The van der Waals surface area contributed by atoms with Crippen LogP contribution in [0.25, 0.3) is 11.3 Å². The van der Waals surface area contributed by atoms with Gasteiger partial charge in [0.25, 0.3) is 0 Å². The van der Waals surface area contributed by atoms with Crippen molar-refractivity contribution in [3.63, 3.8) is 0 Å². The van der Waals surface area contributed by atoms with E-state index < -0.39 is 0 Å². The first-order valence-corrected chi connectivity index (χ1v) is 9.07. The Labute approximate surface area is 165 Å². The number of hydrogen-bond acceptors (Lipinski definition) is 6. The van der Waals surface area contributed by atoms with Crippen LogP contribution in [-0.4, -0.2) is 31.5 Å². The summed E-state index contributed by atoms with van der Waals surface area (Å²) >= 11 is 0. The van der Waals surface area contributed by atoms with Crippen molar-refractivity contribution in [1.29, 1.82) is 0 Å². The van der Waals surface area contributed by atoms with Crippen LogP contribution in [0.2, 0.25) is 0 Å². The van der Waals surface area contributed by atoms with Crippen molar-refractivity contribution in [2.24, 2.45) is 0 Å². The van der Waals surface area contributed by atoms with E-state index in [4.69, 9.17) is 14.2 Å². The van der Waals surface area contributed by atoms with Gasteiger partial charge in [-0.1, -0.05) is 18.2 Å². The molecule has 0 aliphatic carbocycles. The summed E-state index contributed by atoms with van der Waals surface area (Å²) in [4.78, 5) is 0. The fourth-order valence-corrected chi connectivity index (χ4v) is 2.94. The molecule has 0 amide bonds. The number of aromatic nitrogens is 2. The van der Waals surface area contributed by atoms with Gasteiger partial charge in [0, 0.05) is 24.2 Å². The van der Waals surface area contributed by atoms with Crippen LogP contribution in [0, 0.1) is 0 Å². The maximum atomic E-state index is 5.50. The quantitative estimate of drug-likeness (QED) is 0.638. The number of rotatable bonds is 8. The summed E-state index contributed by atoms with van der Waals surface area (Å²) in [6.45, 7) is 2.84. The zero-order valence-corrected chi connectivity index (χ0v) is 16.6. The van der Waals surface area contributed by atoms with Gasteiger partial charge in [0.15, 0.2) is 0 Å². The molecule has 3 aromatic rings. The van der Waals surface area contributed by atoms with Gasteiger partial charge < -0.3 is 19.5 Å². The maximum Gasteiger partial charge on any atom is 0.233 e. The first-order valence-electron chi connectivity index (χ1n) is 9.07. The van der Waals surface area contributed by atoms with E-state index in [0.29, 0.717) is 12.4 Å². The van der Waals surface area contributed by atoms with Crippen molar-refractivity contribution in [2.45, 2.75) is 19.5 Å². The van der Waals surface area contributed by atoms with Gasteiger partial charge in [0.1, 0.15) is 11.5 Å². The van der Waals surface area contributed by atoms with Gasteiger partial charge in [-0.05, 0) is 48.4 Å². The zero-order valence-electron chi connectivity index (χ0n) is 16.6. The highest BCUT2D eigenvalue weighted by molar-refractivity contribution is 5.67. The summed E-state index contributed by atoms with van der Waals surface area (Å²) in [5.41, 5.74) is 3.93. The van der Waals surface area contributed by atoms with Crippen molar-refractivity contribution in [3.8, 4) is 28.6 Å². The van der Waals surface area contributed by atoms with Gasteiger partial charge in [-0.3, -0.25) is 0 Å². The Hall–Kier alpha value is -3.12. The maximum absolute atomic E-state index is 5.50. The minimum Gasteiger partial charge on any atom is -0.497 e. The Morgan fingerprint density at radius 2 is 1.75 bits per heavy atom. The Morgan fingerprint density at radius 3 is 2.43 bits per heavy atom. The molecule has 0 bridgehead atoms. The lowest BCUT2D eigenvalue weighted by Gasteiger charge is -2.16. The Kier molecular flexibility index (Phi) is 6.45. The first kappa shape index (κ1) is 19.6. The normalized spacial score (nSPS) is 11.7. The number of nitrogens with zero attached hydrogens (tertiary/aromatic N) is 2. The molecule has 1 N–H and O–H groups in total. The molecule has 3 rings (SSSR count). The Bertz CT molecular complexity index is 913. The summed E-state index contributed by atoms with van der Waals surface area (Å²) < 4.78 is 15.9. The number of methoxy groups -OCH3 is 3. The van der Waals surface area contributed by atoms with Crippen molar-refractivity contribution in [3.05, 3.63) is 65.7 Å². The van der Waals surface area contributed by atoms with Crippen LogP contribution in [0.3, 0.4) is 0 Å². The molecule has 2 aromatic carbocycles. The van der Waals surface area contributed by atoms with E-state index in [1.54, 1.807) is 27.4 Å². The second-order valence-corrected chi connectivity index (χ2v) is 6.37. The molecule has 0 saturated heterocycles. The van der Waals surface area contributed by atoms with Crippen LogP contribution < -0.4 is 19.5 Å². The predicted octanol–water partition coefficient (Wildman–Crippen LogP) is 4.02. The molecule has 6 nitrogen and oxygen atoms in total. The molecule has 0 unspecified atom stereocenters. The smallest absolute Gasteiger partial charge is 0.233 e. The third-order valence-corrected chi connectivity index (χ3v) is 4.60. The lowest BCUT2D eigenvalue weighted by molar-refractivity contribution is 0.392. The van der Waals surface area contributed by atoms with E-state index >= 15 is 0 Å². The van der Waals surface area contributed by atoms with Crippen LogP contribution in [0.15, 0.2) is 54.6 Å². The Balaban J connectivity index is 1.77. The largest absolute Gasteiger partial charge is 0.497 e. The number of nitrogens with one attached hydrogen (secondary N) is 1. The van der Waals surface area contributed by atoms with Gasteiger partial charge in [0.2, 0.25) is 5.88 Å². The highest BCUT2D eigenvalue weighted by Gasteiger charge is 2.11. The van der Waals surface area contributed by atoms with Crippen LogP contribution in [0.5, 0.6) is 17.4 Å². The molecule has 1 atom stereocenters. The molecule has 1 heterocycles. The van der Waals surface area contributed by atoms with E-state index in [-0.39, 0.29) is 6.04 Å². The van der Waals surface area contributed by atoms with Crippen LogP contribution in [0.1, 0.15) is 24.1 Å². The number of hydrogen-bond donors (Lipinski definition) is 1. The van der Waals surface area contributed by atoms with Crippen molar-refractivity contribution >= 4 is 0 Å². The van der Waals surface area contributed by atoms with Crippen LogP contribution >= 0.6 is 0 Å². The van der Waals surface area contributed by atoms with Gasteiger partial charge in [-0.25, -0.2) is 0 Å². The average Bonchev–Trinajstić information content (AvgIpc) is 2.77. The summed E-state index contributed by atoms with van der Waals surface area (Å²) in [5.74, 6) is 2.09. The molecule has 0 fully saturated rings. The Morgan fingerprint density at radius 1 is 0.893 bits per heavy atom. The number of benzene rings is 2. The third-order valence-electron chi connectivity index (χ3n) is 4.60. The molecule has 0 spiro atoms. The standard InChI is InChI=1S/C22H25N3O3/c1-15(17-6-5-7-18(13-17)26-2)23-14-16-8-10-21(27-3)19(12-16)20-9-11-22(28-4)25-24-20/h5-13,15,23H,14H2,1-4H3/t15-/m1/s1. The molecular weight excluding hydrogens is 354 g/mol. The molecule has 6 heteroatoms. The van der Waals surface area contributed by atoms with Crippen molar-refractivity contribution in [2.75, 3.05) is 21.3 Å². The summed E-state index contributed by atoms with van der Waals surface area (Å²) in [6, 6.07) is 18.0. The lowest BCUT2D eigenvalue weighted by Crippen LogP contribution is -2.18. The fourth-order valence-electron chi connectivity index (χ4n) is 2.94. The molecule has 0 aliphatic heterocycles. The summed E-state index contributed by atoms with van der Waals surface area (Å²) in [7, 11) is 4.90. The van der Waals surface area contributed by atoms with Crippen molar-refractivity contribution < 1.29 is 14.2 Å². The van der Waals surface area contributed by atoms with Gasteiger partial charge in [0.05, 0.1) is 27.0 Å². The minimum absolute atomic E-state index is 0.182. The second kappa shape index (κ2) is 9.19. The number of ether oxygens (including phenoxy) is 3. The van der Waals surface area contributed by atoms with Crippen LogP contribution in [-0.2, 0) is 6.54 Å².